The predicted molar refractivity (Wildman–Crippen MR) is 64.0 cm³/mol. The van der Waals surface area contributed by atoms with Gasteiger partial charge in [-0.05, 0) is 39.2 Å². The fourth-order valence-electron chi connectivity index (χ4n) is 2.49. The van der Waals surface area contributed by atoms with Crippen LogP contribution in [-0.4, -0.2) is 31.7 Å². The van der Waals surface area contributed by atoms with Gasteiger partial charge < -0.3 is 15.8 Å². The van der Waals surface area contributed by atoms with Gasteiger partial charge in [0.1, 0.15) is 0 Å². The van der Waals surface area contributed by atoms with Crippen LogP contribution in [0.2, 0.25) is 0 Å². The van der Waals surface area contributed by atoms with E-state index in [1.165, 1.54) is 0 Å². The molecule has 0 heterocycles. The van der Waals surface area contributed by atoms with Crippen molar-refractivity contribution in [2.75, 3.05) is 20.3 Å². The summed E-state index contributed by atoms with van der Waals surface area (Å²) in [6.45, 7) is 5.09. The summed E-state index contributed by atoms with van der Waals surface area (Å²) in [7, 11) is 1.65. The SMILES string of the molecule is COCC(C)(C)NC(=O)C1CCCC1CN. The quantitative estimate of drug-likeness (QED) is 0.735. The topological polar surface area (TPSA) is 64.3 Å². The van der Waals surface area contributed by atoms with E-state index < -0.39 is 0 Å². The molecule has 1 aliphatic rings. The highest BCUT2D eigenvalue weighted by molar-refractivity contribution is 5.80. The van der Waals surface area contributed by atoms with E-state index >= 15 is 0 Å². The second kappa shape index (κ2) is 5.64. The number of hydrogen-bond donors (Lipinski definition) is 2. The van der Waals surface area contributed by atoms with E-state index in [1.807, 2.05) is 13.8 Å². The summed E-state index contributed by atoms with van der Waals surface area (Å²) in [5.74, 6) is 0.592. The Bertz CT molecular complexity index is 241. The monoisotopic (exact) mass is 228 g/mol. The zero-order chi connectivity index (χ0) is 12.2. The molecule has 94 valence electrons. The van der Waals surface area contributed by atoms with Crippen LogP contribution in [0.25, 0.3) is 0 Å². The summed E-state index contributed by atoms with van der Waals surface area (Å²) < 4.78 is 5.08. The second-order valence-corrected chi connectivity index (χ2v) is 5.34. The fourth-order valence-corrected chi connectivity index (χ4v) is 2.49. The zero-order valence-corrected chi connectivity index (χ0v) is 10.6. The van der Waals surface area contributed by atoms with Gasteiger partial charge in [-0.25, -0.2) is 0 Å². The Hall–Kier alpha value is -0.610. The normalized spacial score (nSPS) is 25.8. The molecule has 1 rings (SSSR count). The molecule has 1 amide bonds. The molecular formula is C12H24N2O2. The standard InChI is InChI=1S/C12H24N2O2/c1-12(2,8-16-3)14-11(15)10-6-4-5-9(10)7-13/h9-10H,4-8,13H2,1-3H3,(H,14,15). The lowest BCUT2D eigenvalue weighted by Crippen LogP contribution is -2.50. The lowest BCUT2D eigenvalue weighted by molar-refractivity contribution is -0.128. The molecule has 4 nitrogen and oxygen atoms in total. The molecule has 0 aromatic rings. The summed E-state index contributed by atoms with van der Waals surface area (Å²) in [5.41, 5.74) is 5.38. The maximum absolute atomic E-state index is 12.1. The molecule has 2 atom stereocenters. The Morgan fingerprint density at radius 2 is 2.19 bits per heavy atom. The van der Waals surface area contributed by atoms with Crippen LogP contribution in [0.15, 0.2) is 0 Å². The van der Waals surface area contributed by atoms with Crippen molar-refractivity contribution >= 4 is 5.91 Å². The Balaban J connectivity index is 2.51. The van der Waals surface area contributed by atoms with E-state index in [0.717, 1.165) is 19.3 Å². The van der Waals surface area contributed by atoms with Crippen LogP contribution in [0.5, 0.6) is 0 Å². The first kappa shape index (κ1) is 13.5. The molecule has 2 unspecified atom stereocenters. The largest absolute Gasteiger partial charge is 0.382 e. The summed E-state index contributed by atoms with van der Waals surface area (Å²) >= 11 is 0. The highest BCUT2D eigenvalue weighted by Crippen LogP contribution is 2.31. The zero-order valence-electron chi connectivity index (χ0n) is 10.6. The minimum Gasteiger partial charge on any atom is -0.382 e. The number of nitrogens with two attached hydrogens (primary N) is 1. The van der Waals surface area contributed by atoms with E-state index in [4.69, 9.17) is 10.5 Å². The summed E-state index contributed by atoms with van der Waals surface area (Å²) in [4.78, 5) is 12.1. The van der Waals surface area contributed by atoms with Crippen molar-refractivity contribution in [3.05, 3.63) is 0 Å². The van der Waals surface area contributed by atoms with E-state index in [0.29, 0.717) is 19.1 Å². The molecular weight excluding hydrogens is 204 g/mol. The highest BCUT2D eigenvalue weighted by Gasteiger charge is 2.34. The molecule has 3 N–H and O–H groups in total. The number of nitrogens with one attached hydrogen (secondary N) is 1. The van der Waals surface area contributed by atoms with E-state index in [9.17, 15) is 4.79 Å². The third-order valence-corrected chi connectivity index (χ3v) is 3.27. The number of carbonyl (C=O) groups is 1. The number of ether oxygens (including phenoxy) is 1. The highest BCUT2D eigenvalue weighted by atomic mass is 16.5. The van der Waals surface area contributed by atoms with Gasteiger partial charge in [0.2, 0.25) is 5.91 Å². The molecule has 0 aromatic heterocycles. The average molecular weight is 228 g/mol. The lowest BCUT2D eigenvalue weighted by atomic mass is 9.94. The van der Waals surface area contributed by atoms with Crippen LogP contribution >= 0.6 is 0 Å². The Kier molecular flexibility index (Phi) is 4.74. The van der Waals surface area contributed by atoms with Gasteiger partial charge in [-0.1, -0.05) is 6.42 Å². The van der Waals surface area contributed by atoms with E-state index in [1.54, 1.807) is 7.11 Å². The smallest absolute Gasteiger partial charge is 0.223 e. The predicted octanol–water partition coefficient (Wildman–Crippen LogP) is 0.903. The van der Waals surface area contributed by atoms with Gasteiger partial charge in [-0.2, -0.15) is 0 Å². The van der Waals surface area contributed by atoms with Gasteiger partial charge in [0, 0.05) is 13.0 Å². The summed E-state index contributed by atoms with van der Waals surface area (Å²) in [5, 5.41) is 3.04. The molecule has 0 bridgehead atoms. The molecule has 0 radical (unpaired) electrons. The third-order valence-electron chi connectivity index (χ3n) is 3.27. The minimum absolute atomic E-state index is 0.0983. The van der Waals surface area contributed by atoms with Crippen molar-refractivity contribution in [3.8, 4) is 0 Å². The van der Waals surface area contributed by atoms with Gasteiger partial charge >= 0.3 is 0 Å². The maximum atomic E-state index is 12.1. The Labute approximate surface area is 97.9 Å². The van der Waals surface area contributed by atoms with Crippen LogP contribution in [0.4, 0.5) is 0 Å². The van der Waals surface area contributed by atoms with Crippen LogP contribution < -0.4 is 11.1 Å². The van der Waals surface area contributed by atoms with Crippen molar-refractivity contribution in [2.45, 2.75) is 38.6 Å². The lowest BCUT2D eigenvalue weighted by Gasteiger charge is -2.28. The van der Waals surface area contributed by atoms with Crippen LogP contribution in [-0.2, 0) is 9.53 Å². The molecule has 0 spiro atoms. The van der Waals surface area contributed by atoms with Gasteiger partial charge in [-0.15, -0.1) is 0 Å². The Morgan fingerprint density at radius 3 is 2.75 bits per heavy atom. The molecule has 1 fully saturated rings. The van der Waals surface area contributed by atoms with Crippen molar-refractivity contribution in [1.82, 2.24) is 5.32 Å². The molecule has 1 saturated carbocycles. The van der Waals surface area contributed by atoms with E-state index in [2.05, 4.69) is 5.32 Å². The number of methoxy groups -OCH3 is 1. The Morgan fingerprint density at radius 1 is 1.50 bits per heavy atom. The van der Waals surface area contributed by atoms with Crippen molar-refractivity contribution < 1.29 is 9.53 Å². The van der Waals surface area contributed by atoms with Crippen LogP contribution in [0, 0.1) is 11.8 Å². The number of carbonyl (C=O) groups excluding carboxylic acids is 1. The number of rotatable bonds is 5. The molecule has 0 saturated heterocycles. The van der Waals surface area contributed by atoms with Crippen molar-refractivity contribution in [1.29, 1.82) is 0 Å². The van der Waals surface area contributed by atoms with Crippen molar-refractivity contribution in [2.24, 2.45) is 17.6 Å². The van der Waals surface area contributed by atoms with Gasteiger partial charge in [0.05, 0.1) is 12.1 Å². The summed E-state index contributed by atoms with van der Waals surface area (Å²) in [6, 6.07) is 0. The van der Waals surface area contributed by atoms with Crippen molar-refractivity contribution in [3.63, 3.8) is 0 Å². The fraction of sp³-hybridized carbons (Fsp3) is 0.917. The molecule has 0 aliphatic heterocycles. The maximum Gasteiger partial charge on any atom is 0.223 e. The molecule has 16 heavy (non-hydrogen) atoms. The first-order chi connectivity index (χ1) is 7.50. The van der Waals surface area contributed by atoms with Gasteiger partial charge in [0.25, 0.3) is 0 Å². The van der Waals surface area contributed by atoms with Crippen LogP contribution in [0.1, 0.15) is 33.1 Å². The molecule has 4 heteroatoms. The second-order valence-electron chi connectivity index (χ2n) is 5.34. The number of hydrogen-bond acceptors (Lipinski definition) is 3. The van der Waals surface area contributed by atoms with E-state index in [-0.39, 0.29) is 17.4 Å². The number of amides is 1. The van der Waals surface area contributed by atoms with Crippen LogP contribution in [0.3, 0.4) is 0 Å². The van der Waals surface area contributed by atoms with Gasteiger partial charge in [-0.3, -0.25) is 4.79 Å². The first-order valence-corrected chi connectivity index (χ1v) is 6.01. The minimum atomic E-state index is -0.298. The molecule has 1 aliphatic carbocycles. The first-order valence-electron chi connectivity index (χ1n) is 6.01. The molecule has 0 aromatic carbocycles. The third kappa shape index (κ3) is 3.46. The summed E-state index contributed by atoms with van der Waals surface area (Å²) in [6.07, 6.45) is 3.17. The average Bonchev–Trinajstić information content (AvgIpc) is 2.64. The van der Waals surface area contributed by atoms with Gasteiger partial charge in [0.15, 0.2) is 0 Å².